The molecule has 0 saturated carbocycles. The zero-order valence-corrected chi connectivity index (χ0v) is 37.1. The molecule has 0 fully saturated rings. The van der Waals surface area contributed by atoms with Gasteiger partial charge in [-0.2, -0.15) is 0 Å². The number of hydrogen-bond acceptors (Lipinski definition) is 4. The molecule has 5 heterocycles. The number of pyridine rings is 1. The smallest absolute Gasteiger partial charge is 0.164 e. The van der Waals surface area contributed by atoms with Crippen molar-refractivity contribution in [2.45, 2.75) is 0 Å². The highest BCUT2D eigenvalue weighted by Gasteiger charge is 2.22. The first-order chi connectivity index (χ1) is 34.2. The second kappa shape index (κ2) is 15.6. The largest absolute Gasteiger partial charge is 0.309 e. The van der Waals surface area contributed by atoms with Gasteiger partial charge in [-0.05, 0) is 72.3 Å². The first kappa shape index (κ1) is 38.8. The minimum absolute atomic E-state index is 0.570. The van der Waals surface area contributed by atoms with E-state index in [0.717, 1.165) is 88.8 Å². The maximum absolute atomic E-state index is 5.29. The Labute approximate surface area is 396 Å². The van der Waals surface area contributed by atoms with E-state index in [1.807, 2.05) is 79.1 Å². The van der Waals surface area contributed by atoms with E-state index in [4.69, 9.17) is 15.0 Å². The van der Waals surface area contributed by atoms with Crippen LogP contribution in [-0.4, -0.2) is 33.6 Å². The van der Waals surface area contributed by atoms with Crippen LogP contribution in [0.2, 0.25) is 0 Å². The van der Waals surface area contributed by atoms with Crippen LogP contribution < -0.4 is 0 Å². The fraction of sp³-hybridized carbons (Fsp3) is 0. The van der Waals surface area contributed by atoms with Crippen LogP contribution in [0.15, 0.2) is 237 Å². The van der Waals surface area contributed by atoms with E-state index in [0.29, 0.717) is 17.5 Å². The van der Waals surface area contributed by atoms with Crippen LogP contribution in [0.1, 0.15) is 0 Å². The Bertz CT molecular complexity index is 3970. The van der Waals surface area contributed by atoms with Crippen molar-refractivity contribution in [1.82, 2.24) is 33.6 Å². The third-order valence-corrected chi connectivity index (χ3v) is 13.6. The van der Waals surface area contributed by atoms with Gasteiger partial charge in [0.05, 0.1) is 33.1 Å². The van der Waals surface area contributed by atoms with Gasteiger partial charge in [-0.25, -0.2) is 15.0 Å². The Morgan fingerprint density at radius 2 is 0.638 bits per heavy atom. The lowest BCUT2D eigenvalue weighted by molar-refractivity contribution is 1.07. The van der Waals surface area contributed by atoms with Gasteiger partial charge >= 0.3 is 0 Å². The molecule has 0 aliphatic carbocycles. The van der Waals surface area contributed by atoms with Gasteiger partial charge in [0.2, 0.25) is 0 Å². The van der Waals surface area contributed by atoms with Gasteiger partial charge < -0.3 is 13.7 Å². The Morgan fingerprint density at radius 1 is 0.261 bits per heavy atom. The minimum atomic E-state index is 0.570. The van der Waals surface area contributed by atoms with Crippen LogP contribution in [0, 0.1) is 0 Å². The summed E-state index contributed by atoms with van der Waals surface area (Å²) in [6.07, 6.45) is 3.72. The molecule has 0 radical (unpaired) electrons. The molecule has 0 spiro atoms. The quantitative estimate of drug-likeness (QED) is 0.160. The monoisotopic (exact) mass is 881 g/mol. The number of benzene rings is 9. The second-order valence-corrected chi connectivity index (χ2v) is 17.5. The normalized spacial score (nSPS) is 11.8. The predicted molar refractivity (Wildman–Crippen MR) is 282 cm³/mol. The van der Waals surface area contributed by atoms with Gasteiger partial charge in [0.1, 0.15) is 0 Å². The van der Waals surface area contributed by atoms with Gasteiger partial charge in [-0.15, -0.1) is 0 Å². The molecule has 0 amide bonds. The van der Waals surface area contributed by atoms with Gasteiger partial charge in [0.25, 0.3) is 0 Å². The number of fused-ring (bicyclic) bond motifs is 9. The zero-order chi connectivity index (χ0) is 45.4. The van der Waals surface area contributed by atoms with E-state index in [1.165, 1.54) is 21.5 Å². The van der Waals surface area contributed by atoms with Crippen molar-refractivity contribution < 1.29 is 0 Å². The summed E-state index contributed by atoms with van der Waals surface area (Å²) in [6.45, 7) is 0. The van der Waals surface area contributed by atoms with E-state index in [9.17, 15) is 0 Å². The maximum atomic E-state index is 5.29. The maximum Gasteiger partial charge on any atom is 0.164 e. The van der Waals surface area contributed by atoms with Crippen LogP contribution >= 0.6 is 0 Å². The lowest BCUT2D eigenvalue weighted by atomic mass is 9.99. The number of hydrogen-bond donors (Lipinski definition) is 0. The number of aromatic nitrogens is 7. The molecular weight excluding hydrogens is 843 g/mol. The van der Waals surface area contributed by atoms with Gasteiger partial charge in [-0.1, -0.05) is 158 Å². The van der Waals surface area contributed by atoms with Gasteiger partial charge in [0.15, 0.2) is 17.5 Å². The van der Waals surface area contributed by atoms with Crippen molar-refractivity contribution in [3.63, 3.8) is 0 Å². The minimum Gasteiger partial charge on any atom is -0.309 e. The molecule has 5 aromatic heterocycles. The van der Waals surface area contributed by atoms with Crippen LogP contribution in [-0.2, 0) is 0 Å². The van der Waals surface area contributed by atoms with E-state index < -0.39 is 0 Å². The van der Waals surface area contributed by atoms with Crippen molar-refractivity contribution in [2.24, 2.45) is 0 Å². The van der Waals surface area contributed by atoms with Gasteiger partial charge in [-0.3, -0.25) is 4.98 Å². The molecule has 14 aromatic rings. The molecule has 9 aromatic carbocycles. The topological polar surface area (TPSA) is 66.3 Å². The molecule has 0 aliphatic rings. The van der Waals surface area contributed by atoms with E-state index in [1.54, 1.807) is 0 Å². The Morgan fingerprint density at radius 3 is 1.10 bits per heavy atom. The van der Waals surface area contributed by atoms with E-state index >= 15 is 0 Å². The van der Waals surface area contributed by atoms with Crippen molar-refractivity contribution in [1.29, 1.82) is 0 Å². The molecule has 7 heteroatoms. The molecule has 69 heavy (non-hydrogen) atoms. The SMILES string of the molecule is c1ccc(-c2nc(-c3ccccc3)nc(-c3cc(-n4c5cc(-n6c7ccccc7c7ccccc76)ccc5c5ccc(-n6c7ccccc7c7ccccc76)cc54)ccc3-c3cccnc3)n2)cc1. The summed E-state index contributed by atoms with van der Waals surface area (Å²) < 4.78 is 7.22. The molecule has 0 N–H and O–H groups in total. The number of para-hydroxylation sites is 4. The van der Waals surface area contributed by atoms with Crippen molar-refractivity contribution >= 4 is 65.4 Å². The highest BCUT2D eigenvalue weighted by atomic mass is 15.0. The summed E-state index contributed by atoms with van der Waals surface area (Å²) in [5.41, 5.74) is 14.6. The fourth-order valence-electron chi connectivity index (χ4n) is 10.5. The van der Waals surface area contributed by atoms with Crippen molar-refractivity contribution in [3.05, 3.63) is 237 Å². The van der Waals surface area contributed by atoms with Crippen LogP contribution in [0.5, 0.6) is 0 Å². The molecule has 322 valence electrons. The van der Waals surface area contributed by atoms with Crippen LogP contribution in [0.3, 0.4) is 0 Å². The van der Waals surface area contributed by atoms with Crippen LogP contribution in [0.4, 0.5) is 0 Å². The summed E-state index contributed by atoms with van der Waals surface area (Å²) in [5.74, 6) is 1.78. The lowest BCUT2D eigenvalue weighted by Gasteiger charge is -2.16. The standard InChI is InChI=1S/C62H39N7/c1-3-16-40(17-4-1)60-64-61(41-18-5-2-6-19-41)66-62(65-60)53-36-43(29-32-46(53)42-20-15-35-63-39-42)69-58-37-44(67-54-25-11-7-21-47(54)48-22-8-12-26-55(48)67)30-33-51(58)52-34-31-45(38-59(52)69)68-56-27-13-9-23-49(56)50-24-10-14-28-57(50)68/h1-39H. The summed E-state index contributed by atoms with van der Waals surface area (Å²) in [4.78, 5) is 20.2. The first-order valence-electron chi connectivity index (χ1n) is 23.2. The second-order valence-electron chi connectivity index (χ2n) is 17.5. The third-order valence-electron chi connectivity index (χ3n) is 13.6. The lowest BCUT2D eigenvalue weighted by Crippen LogP contribution is -2.03. The molecule has 0 unspecified atom stereocenters. The third kappa shape index (κ3) is 6.21. The first-order valence-corrected chi connectivity index (χ1v) is 23.2. The summed E-state index contributed by atoms with van der Waals surface area (Å²) in [5, 5.41) is 7.20. The summed E-state index contributed by atoms with van der Waals surface area (Å²) >= 11 is 0. The number of rotatable bonds is 7. The zero-order valence-electron chi connectivity index (χ0n) is 37.1. The Kier molecular flexibility index (Phi) is 8.75. The van der Waals surface area contributed by atoms with Crippen molar-refractivity contribution in [2.75, 3.05) is 0 Å². The summed E-state index contributed by atoms with van der Waals surface area (Å²) in [7, 11) is 0. The van der Waals surface area contributed by atoms with Crippen molar-refractivity contribution in [3.8, 4) is 62.4 Å². The van der Waals surface area contributed by atoms with E-state index in [-0.39, 0.29) is 0 Å². The Hall–Kier alpha value is -9.46. The predicted octanol–water partition coefficient (Wildman–Crippen LogP) is 15.2. The fourth-order valence-corrected chi connectivity index (χ4v) is 10.5. The molecule has 0 atom stereocenters. The molecule has 7 nitrogen and oxygen atoms in total. The molecule has 0 saturated heterocycles. The highest BCUT2D eigenvalue weighted by Crippen LogP contribution is 2.41. The molecule has 0 aliphatic heterocycles. The molecule has 0 bridgehead atoms. The molecule has 14 rings (SSSR count). The molecular formula is C62H39N7. The number of nitrogens with zero attached hydrogens (tertiary/aromatic N) is 7. The summed E-state index contributed by atoms with van der Waals surface area (Å²) in [6, 6.07) is 79.7. The highest BCUT2D eigenvalue weighted by molar-refractivity contribution is 6.13. The average molecular weight is 882 g/mol. The Balaban J connectivity index is 1.07. The van der Waals surface area contributed by atoms with Crippen LogP contribution in [0.25, 0.3) is 128 Å². The average Bonchev–Trinajstić information content (AvgIpc) is 4.06. The van der Waals surface area contributed by atoms with E-state index in [2.05, 4.69) is 176 Å². The van der Waals surface area contributed by atoms with Gasteiger partial charge in [0, 0.05) is 84.0 Å².